The number of hydrogen-bond acceptors (Lipinski definition) is 27. The molecular weight excluding hydrogens is 1700 g/mol. The maximum absolute atomic E-state index is 14.5. The standard InChI is InChI=1S/C26H33FN6O2.C25H31FN6O2.C24H29FN6O2.C23H29FN6O/c1-3-23(34)32-10-4-5-21(17-32)29-24-22(27)14-28-25(31-24)30-20-7-6-18-15-33(16-19(18)13-20)26(2)8-11-35-12-9-26;1-2-23(33)32-8-3-4-21(14-32)28-24-22(26)11-27-25(30-24)29-20-6-5-18-7-9-31(13-19(18)10-20)12-17-15-34-16-17;1-2-22(32)31-8-3-4-19(13-31)27-23-21(25)11-26-24(29-23)28-18-6-5-16-7-9-30(12-17(16)10-18)20-14-33-15-20;1-3-21(31)30-11-5-7-19(15-30)26-22-20(24)13-25-23(28-22)27-18-9-8-17-14-29(2)10-4-6-16(17)12-18/h3,6-7,13-14,21H,1,4-5,8-12,15-17H2,2H3,(H2,28,29,30,31);2,5-6,10-11,17,21H,1,3-4,7-9,12-16H2,(H2,27,28,29,30);2,5-6,10-11,19-20H,1,3-4,7-9,12-15H2,(H2,26,27,28,29);3,8-9,12-13,19H,1,4-7,10-11,14-15H2,2H3,(H2,25,26,27,28)/t2*21-;2*19-/m1111/s1. The monoisotopic (exact) mass is 1820 g/mol. The molecular formula is C98H122F4N24O7. The van der Waals surface area contributed by atoms with Crippen molar-refractivity contribution in [3.05, 3.63) is 216 Å². The number of nitrogens with zero attached hydrogens (tertiary/aromatic N) is 16. The number of aromatic nitrogens is 8. The molecule has 0 unspecified atom stereocenters. The van der Waals surface area contributed by atoms with E-state index in [4.69, 9.17) is 14.2 Å². The van der Waals surface area contributed by atoms with Crippen molar-refractivity contribution in [3.63, 3.8) is 0 Å². The number of ether oxygens (including phenoxy) is 3. The molecule has 8 aromatic rings. The average Bonchev–Trinajstić information content (AvgIpc) is 1.51. The molecule has 8 N–H and O–H groups in total. The molecule has 704 valence electrons. The first-order valence-corrected chi connectivity index (χ1v) is 46.6. The van der Waals surface area contributed by atoms with E-state index in [9.17, 15) is 36.7 Å². The highest BCUT2D eigenvalue weighted by atomic mass is 19.1. The molecule has 0 bridgehead atoms. The van der Waals surface area contributed by atoms with E-state index in [1.54, 1.807) is 19.6 Å². The van der Waals surface area contributed by atoms with E-state index < -0.39 is 23.3 Å². The number of piperidine rings is 4. The number of amides is 4. The Balaban J connectivity index is 0.000000129. The minimum Gasteiger partial charge on any atom is -0.381 e. The van der Waals surface area contributed by atoms with Crippen molar-refractivity contribution in [2.45, 2.75) is 165 Å². The molecule has 4 atom stereocenters. The molecule has 133 heavy (non-hydrogen) atoms. The first kappa shape index (κ1) is 94.1. The largest absolute Gasteiger partial charge is 0.381 e. The number of nitrogens with one attached hydrogen (secondary N) is 8. The molecule has 11 aliphatic heterocycles. The van der Waals surface area contributed by atoms with E-state index in [0.29, 0.717) is 88.1 Å². The summed E-state index contributed by atoms with van der Waals surface area (Å²) in [4.78, 5) is 98.4. The van der Waals surface area contributed by atoms with E-state index in [1.165, 1.54) is 93.6 Å². The summed E-state index contributed by atoms with van der Waals surface area (Å²) in [5.41, 5.74) is 14.3. The molecule has 0 aliphatic carbocycles. The zero-order valence-electron chi connectivity index (χ0n) is 76.0. The molecule has 4 aromatic heterocycles. The maximum Gasteiger partial charge on any atom is 0.246 e. The summed E-state index contributed by atoms with van der Waals surface area (Å²) in [7, 11) is 2.14. The van der Waals surface area contributed by atoms with Crippen LogP contribution in [0, 0.1) is 29.2 Å². The molecule has 0 saturated carbocycles. The third-order valence-electron chi connectivity index (χ3n) is 26.8. The van der Waals surface area contributed by atoms with Crippen LogP contribution in [0.2, 0.25) is 0 Å². The van der Waals surface area contributed by atoms with E-state index in [1.807, 2.05) is 24.3 Å². The Morgan fingerprint density at radius 1 is 0.414 bits per heavy atom. The predicted octanol–water partition coefficient (Wildman–Crippen LogP) is 12.8. The maximum atomic E-state index is 14.5. The van der Waals surface area contributed by atoms with Gasteiger partial charge in [0.1, 0.15) is 0 Å². The number of carbonyl (C=O) groups excluding carboxylic acids is 4. The number of fused-ring (bicyclic) bond motifs is 4. The van der Waals surface area contributed by atoms with E-state index in [2.05, 4.69) is 191 Å². The minimum atomic E-state index is -0.517. The lowest BCUT2D eigenvalue weighted by molar-refractivity contribution is -0.127. The molecule has 0 radical (unpaired) electrons. The first-order valence-electron chi connectivity index (χ1n) is 46.6. The Hall–Kier alpha value is -12.1. The van der Waals surface area contributed by atoms with Gasteiger partial charge < -0.3 is 81.2 Å². The van der Waals surface area contributed by atoms with Crippen molar-refractivity contribution in [2.24, 2.45) is 5.92 Å². The Morgan fingerprint density at radius 2 is 0.774 bits per heavy atom. The van der Waals surface area contributed by atoms with Gasteiger partial charge >= 0.3 is 0 Å². The molecule has 31 nitrogen and oxygen atoms in total. The summed E-state index contributed by atoms with van der Waals surface area (Å²) >= 11 is 0. The third kappa shape index (κ3) is 24.7. The lowest BCUT2D eigenvalue weighted by Crippen LogP contribution is -2.50. The Bertz CT molecular complexity index is 5490. The van der Waals surface area contributed by atoms with Crippen LogP contribution >= 0.6 is 0 Å². The van der Waals surface area contributed by atoms with Crippen LogP contribution in [-0.2, 0) is 85.4 Å². The van der Waals surface area contributed by atoms with Crippen LogP contribution in [0.25, 0.3) is 0 Å². The van der Waals surface area contributed by atoms with Crippen molar-refractivity contribution in [3.8, 4) is 0 Å². The minimum absolute atomic E-state index is 0.0700. The van der Waals surface area contributed by atoms with Gasteiger partial charge in [0.15, 0.2) is 46.5 Å². The van der Waals surface area contributed by atoms with Gasteiger partial charge in [0.05, 0.1) is 57.3 Å². The van der Waals surface area contributed by atoms with Crippen molar-refractivity contribution in [1.82, 2.24) is 79.1 Å². The Kier molecular flexibility index (Phi) is 31.2. The Morgan fingerprint density at radius 3 is 1.16 bits per heavy atom. The van der Waals surface area contributed by atoms with Crippen molar-refractivity contribution in [2.75, 3.05) is 168 Å². The van der Waals surface area contributed by atoms with Gasteiger partial charge in [-0.25, -0.2) is 37.5 Å². The number of likely N-dealkylation sites (tertiary alicyclic amines) is 4. The lowest BCUT2D eigenvalue weighted by atomic mass is 9.90. The third-order valence-corrected chi connectivity index (χ3v) is 26.8. The molecule has 4 amide bonds. The smallest absolute Gasteiger partial charge is 0.246 e. The van der Waals surface area contributed by atoms with Gasteiger partial charge in [-0.15, -0.1) is 0 Å². The fraction of sp³-hybridized carbons (Fsp3) is 0.469. The molecule has 19 rings (SSSR count). The van der Waals surface area contributed by atoms with Gasteiger partial charge in [-0.05, 0) is 228 Å². The first-order chi connectivity index (χ1) is 64.6. The summed E-state index contributed by atoms with van der Waals surface area (Å²) in [5.74, 6) is 0.0450. The van der Waals surface area contributed by atoms with Crippen LogP contribution in [0.15, 0.2) is 148 Å². The van der Waals surface area contributed by atoms with Gasteiger partial charge in [-0.1, -0.05) is 50.6 Å². The zero-order chi connectivity index (χ0) is 92.5. The van der Waals surface area contributed by atoms with E-state index in [-0.39, 0.29) is 76.6 Å². The number of anilines is 12. The fourth-order valence-electron chi connectivity index (χ4n) is 19.1. The Labute approximate surface area is 774 Å². The number of rotatable bonds is 24. The predicted molar refractivity (Wildman–Crippen MR) is 505 cm³/mol. The summed E-state index contributed by atoms with van der Waals surface area (Å²) < 4.78 is 74.0. The fourth-order valence-corrected chi connectivity index (χ4v) is 19.1. The molecule has 4 aromatic carbocycles. The van der Waals surface area contributed by atoms with Gasteiger partial charge in [0, 0.05) is 176 Å². The molecule has 15 heterocycles. The van der Waals surface area contributed by atoms with Crippen LogP contribution < -0.4 is 42.5 Å². The topological polar surface area (TPSA) is 321 Å². The van der Waals surface area contributed by atoms with Crippen LogP contribution in [0.5, 0.6) is 0 Å². The highest BCUT2D eigenvalue weighted by Crippen LogP contribution is 2.38. The average molecular weight is 1820 g/mol. The summed E-state index contributed by atoms with van der Waals surface area (Å²) in [6.45, 7) is 35.1. The molecule has 0 spiro atoms. The SMILES string of the molecule is C=CC(=O)N1CCC[C@@H](Nc2nc(Nc3ccc4c(c3)CCCN(C)C4)ncc2F)C1.C=CC(=O)N1CCC[C@@H](Nc2nc(Nc3ccc4c(c3)CN(C3(C)CCOCC3)C4)ncc2F)C1.C=CC(=O)N1CCC[C@@H](Nc2nc(Nc3ccc4c(c3)CN(C3COC3)CC4)ncc2F)C1.C=CC(=O)N1CCC[C@@H](Nc2nc(Nc3ccc4c(c3)CN(CC3COC3)CC4)ncc2F)C1. The van der Waals surface area contributed by atoms with Gasteiger partial charge in [-0.2, -0.15) is 19.9 Å². The van der Waals surface area contributed by atoms with Crippen molar-refractivity contribution >= 4 is 93.4 Å². The molecule has 7 saturated heterocycles. The summed E-state index contributed by atoms with van der Waals surface area (Å²) in [6.07, 6.45) is 23.0. The van der Waals surface area contributed by atoms with E-state index >= 15 is 0 Å². The summed E-state index contributed by atoms with van der Waals surface area (Å²) in [5, 5.41) is 25.5. The molecule has 11 aliphatic rings. The second-order valence-electron chi connectivity index (χ2n) is 36.5. The van der Waals surface area contributed by atoms with Crippen LogP contribution in [0.3, 0.4) is 0 Å². The quantitative estimate of drug-likeness (QED) is 0.0206. The van der Waals surface area contributed by atoms with Crippen LogP contribution in [-0.4, -0.2) is 264 Å². The number of benzene rings is 4. The second kappa shape index (κ2) is 44.2. The summed E-state index contributed by atoms with van der Waals surface area (Å²) in [6, 6.07) is 25.4. The number of halogens is 4. The van der Waals surface area contributed by atoms with Crippen LogP contribution in [0.4, 0.5) is 87.4 Å². The molecule has 7 fully saturated rings. The lowest BCUT2D eigenvalue weighted by Gasteiger charge is -2.41. The number of aryl methyl sites for hydroxylation is 1. The zero-order valence-corrected chi connectivity index (χ0v) is 76.0. The van der Waals surface area contributed by atoms with Crippen LogP contribution in [0.1, 0.15) is 122 Å². The normalized spacial score (nSPS) is 20.8. The van der Waals surface area contributed by atoms with E-state index in [0.717, 1.165) is 211 Å². The second-order valence-corrected chi connectivity index (χ2v) is 36.5. The number of carbonyl (C=O) groups is 4. The molecule has 35 heteroatoms. The van der Waals surface area contributed by atoms with Crippen molar-refractivity contribution < 1.29 is 51.0 Å². The highest BCUT2D eigenvalue weighted by Gasteiger charge is 2.39. The number of hydrogen-bond donors (Lipinski definition) is 8. The van der Waals surface area contributed by atoms with Gasteiger partial charge in [-0.3, -0.25) is 33.9 Å². The van der Waals surface area contributed by atoms with Crippen molar-refractivity contribution in [1.29, 1.82) is 0 Å². The highest BCUT2D eigenvalue weighted by molar-refractivity contribution is 5.88. The van der Waals surface area contributed by atoms with Gasteiger partial charge in [0.25, 0.3) is 0 Å². The van der Waals surface area contributed by atoms with Gasteiger partial charge in [0.2, 0.25) is 47.4 Å².